The van der Waals surface area contributed by atoms with E-state index in [1.54, 1.807) is 0 Å². The predicted octanol–water partition coefficient (Wildman–Crippen LogP) is 1.84. The van der Waals surface area contributed by atoms with Gasteiger partial charge in [-0.05, 0) is 31.9 Å². The van der Waals surface area contributed by atoms with Gasteiger partial charge in [0.25, 0.3) is 0 Å². The minimum absolute atomic E-state index is 0.00774. The lowest BCUT2D eigenvalue weighted by Crippen LogP contribution is -2.33. The zero-order chi connectivity index (χ0) is 12.9. The van der Waals surface area contributed by atoms with E-state index in [4.69, 9.17) is 0 Å². The molecule has 0 bridgehead atoms. The molecule has 0 saturated carbocycles. The highest BCUT2D eigenvalue weighted by Crippen LogP contribution is 2.34. The number of aryl methyl sites for hydroxylation is 2. The van der Waals surface area contributed by atoms with Gasteiger partial charge >= 0.3 is 0 Å². The number of rotatable bonds is 1. The first-order valence-corrected chi connectivity index (χ1v) is 6.44. The first-order valence-electron chi connectivity index (χ1n) is 6.44. The number of aliphatic hydroxyl groups is 1. The Labute approximate surface area is 107 Å². The Balaban J connectivity index is 2.26. The molecule has 2 aromatic rings. The third-order valence-electron chi connectivity index (χ3n) is 4.22. The molecule has 0 aliphatic carbocycles. The van der Waals surface area contributed by atoms with E-state index in [0.29, 0.717) is 6.04 Å². The van der Waals surface area contributed by atoms with Crippen LogP contribution in [0.5, 0.6) is 0 Å². The minimum atomic E-state index is -0.00774. The van der Waals surface area contributed by atoms with E-state index < -0.39 is 0 Å². The summed E-state index contributed by atoms with van der Waals surface area (Å²) >= 11 is 0. The van der Waals surface area contributed by atoms with Crippen molar-refractivity contribution in [2.45, 2.75) is 32.4 Å². The highest BCUT2D eigenvalue weighted by atomic mass is 16.3. The van der Waals surface area contributed by atoms with E-state index in [1.807, 2.05) is 11.6 Å². The molecule has 18 heavy (non-hydrogen) atoms. The van der Waals surface area contributed by atoms with E-state index in [2.05, 4.69) is 36.0 Å². The van der Waals surface area contributed by atoms with Crippen LogP contribution in [-0.2, 0) is 20.1 Å². The van der Waals surface area contributed by atoms with Crippen LogP contribution in [0.1, 0.15) is 24.7 Å². The number of aromatic nitrogens is 2. The van der Waals surface area contributed by atoms with Crippen molar-refractivity contribution in [2.75, 3.05) is 11.9 Å². The Morgan fingerprint density at radius 1 is 1.39 bits per heavy atom. The van der Waals surface area contributed by atoms with Crippen LogP contribution in [0.25, 0.3) is 11.0 Å². The van der Waals surface area contributed by atoms with Crippen molar-refractivity contribution < 1.29 is 5.11 Å². The maximum atomic E-state index is 9.32. The third-order valence-corrected chi connectivity index (χ3v) is 4.22. The van der Waals surface area contributed by atoms with Crippen molar-refractivity contribution in [3.05, 3.63) is 23.5 Å². The molecular weight excluding hydrogens is 226 g/mol. The van der Waals surface area contributed by atoms with Gasteiger partial charge in [-0.1, -0.05) is 0 Å². The maximum Gasteiger partial charge on any atom is 0.135 e. The van der Waals surface area contributed by atoms with Gasteiger partial charge in [-0.3, -0.25) is 0 Å². The number of imidazole rings is 1. The van der Waals surface area contributed by atoms with E-state index in [9.17, 15) is 5.11 Å². The van der Waals surface area contributed by atoms with Crippen LogP contribution in [0.4, 0.5) is 5.69 Å². The largest absolute Gasteiger partial charge is 0.388 e. The lowest BCUT2D eigenvalue weighted by molar-refractivity contribution is 0.268. The molecule has 0 radical (unpaired) electrons. The second-order valence-corrected chi connectivity index (χ2v) is 5.17. The van der Waals surface area contributed by atoms with Crippen LogP contribution in [0.3, 0.4) is 0 Å². The predicted molar refractivity (Wildman–Crippen MR) is 72.8 cm³/mol. The SMILES string of the molecule is CC1CCc2c(ccc3c2nc(CO)n3C)N1C. The van der Waals surface area contributed by atoms with E-state index >= 15 is 0 Å². The fourth-order valence-electron chi connectivity index (χ4n) is 2.85. The number of hydrogen-bond donors (Lipinski definition) is 1. The quantitative estimate of drug-likeness (QED) is 0.833. The van der Waals surface area contributed by atoms with E-state index in [1.165, 1.54) is 11.3 Å². The van der Waals surface area contributed by atoms with E-state index in [-0.39, 0.29) is 6.61 Å². The summed E-state index contributed by atoms with van der Waals surface area (Å²) in [5.74, 6) is 0.736. The van der Waals surface area contributed by atoms with Gasteiger partial charge in [-0.15, -0.1) is 0 Å². The summed E-state index contributed by atoms with van der Waals surface area (Å²) in [6.07, 6.45) is 2.23. The Morgan fingerprint density at radius 3 is 2.89 bits per heavy atom. The minimum Gasteiger partial charge on any atom is -0.388 e. The topological polar surface area (TPSA) is 41.3 Å². The van der Waals surface area contributed by atoms with Crippen molar-refractivity contribution in [1.29, 1.82) is 0 Å². The molecule has 0 saturated heterocycles. The average Bonchev–Trinajstić information content (AvgIpc) is 2.71. The smallest absolute Gasteiger partial charge is 0.135 e. The standard InChI is InChI=1S/C14H19N3O/c1-9-4-5-10-11(16(9)2)6-7-12-14(10)15-13(8-18)17(12)3/h6-7,9,18H,4-5,8H2,1-3H3. The molecule has 3 rings (SSSR count). The lowest BCUT2D eigenvalue weighted by Gasteiger charge is -2.33. The van der Waals surface area contributed by atoms with Crippen molar-refractivity contribution in [1.82, 2.24) is 9.55 Å². The molecule has 0 amide bonds. The van der Waals surface area contributed by atoms with Gasteiger partial charge in [0.05, 0.1) is 11.0 Å². The lowest BCUT2D eigenvalue weighted by atomic mass is 9.96. The molecule has 0 fully saturated rings. The average molecular weight is 245 g/mol. The normalized spacial score (nSPS) is 19.3. The molecule has 4 heteroatoms. The van der Waals surface area contributed by atoms with Crippen LogP contribution in [0, 0.1) is 0 Å². The van der Waals surface area contributed by atoms with Crippen molar-refractivity contribution in [3.8, 4) is 0 Å². The van der Waals surface area contributed by atoms with Gasteiger partial charge in [0.1, 0.15) is 12.4 Å². The molecular formula is C14H19N3O. The summed E-state index contributed by atoms with van der Waals surface area (Å²) in [4.78, 5) is 6.91. The van der Waals surface area contributed by atoms with Gasteiger partial charge < -0.3 is 14.6 Å². The molecule has 1 aromatic carbocycles. The summed E-state index contributed by atoms with van der Waals surface area (Å²) < 4.78 is 1.98. The molecule has 1 unspecified atom stereocenters. The molecule has 1 aliphatic heterocycles. The van der Waals surface area contributed by atoms with Gasteiger partial charge in [0.15, 0.2) is 0 Å². The summed E-state index contributed by atoms with van der Waals surface area (Å²) in [6, 6.07) is 4.86. The second kappa shape index (κ2) is 3.99. The van der Waals surface area contributed by atoms with Crippen molar-refractivity contribution in [2.24, 2.45) is 7.05 Å². The number of anilines is 1. The zero-order valence-electron chi connectivity index (χ0n) is 11.1. The van der Waals surface area contributed by atoms with Crippen LogP contribution >= 0.6 is 0 Å². The van der Waals surface area contributed by atoms with E-state index in [0.717, 1.165) is 29.7 Å². The van der Waals surface area contributed by atoms with Crippen LogP contribution in [0.15, 0.2) is 12.1 Å². The number of benzene rings is 1. The molecule has 96 valence electrons. The number of fused-ring (bicyclic) bond motifs is 3. The van der Waals surface area contributed by atoms with Crippen LogP contribution in [0.2, 0.25) is 0 Å². The maximum absolute atomic E-state index is 9.32. The first kappa shape index (κ1) is 11.5. The second-order valence-electron chi connectivity index (χ2n) is 5.17. The van der Waals surface area contributed by atoms with Crippen LogP contribution < -0.4 is 4.90 Å². The first-order chi connectivity index (χ1) is 8.63. The molecule has 1 aromatic heterocycles. The summed E-state index contributed by atoms with van der Waals surface area (Å²) in [6.45, 7) is 2.25. The fourth-order valence-corrected chi connectivity index (χ4v) is 2.85. The third kappa shape index (κ3) is 1.45. The van der Waals surface area contributed by atoms with Gasteiger partial charge in [0, 0.05) is 31.4 Å². The van der Waals surface area contributed by atoms with Crippen molar-refractivity contribution >= 4 is 16.7 Å². The van der Waals surface area contributed by atoms with Gasteiger partial charge in [-0.25, -0.2) is 4.98 Å². The van der Waals surface area contributed by atoms with Crippen molar-refractivity contribution in [3.63, 3.8) is 0 Å². The number of aliphatic hydroxyl groups excluding tert-OH is 1. The Morgan fingerprint density at radius 2 is 2.17 bits per heavy atom. The highest BCUT2D eigenvalue weighted by Gasteiger charge is 2.23. The number of nitrogens with zero attached hydrogens (tertiary/aromatic N) is 3. The van der Waals surface area contributed by atoms with Gasteiger partial charge in [-0.2, -0.15) is 0 Å². The molecule has 1 aliphatic rings. The molecule has 0 spiro atoms. The molecule has 1 N–H and O–H groups in total. The Kier molecular flexibility index (Phi) is 2.55. The summed E-state index contributed by atoms with van der Waals surface area (Å²) in [5, 5.41) is 9.32. The molecule has 4 nitrogen and oxygen atoms in total. The molecule has 2 heterocycles. The summed E-state index contributed by atoms with van der Waals surface area (Å²) in [5.41, 5.74) is 4.77. The fraction of sp³-hybridized carbons (Fsp3) is 0.500. The Bertz CT molecular complexity index is 603. The molecule has 1 atom stereocenters. The monoisotopic (exact) mass is 245 g/mol. The van der Waals surface area contributed by atoms with Gasteiger partial charge in [0.2, 0.25) is 0 Å². The zero-order valence-corrected chi connectivity index (χ0v) is 11.1. The number of hydrogen-bond acceptors (Lipinski definition) is 3. The summed E-state index contributed by atoms with van der Waals surface area (Å²) in [7, 11) is 4.10. The van der Waals surface area contributed by atoms with Crippen LogP contribution in [-0.4, -0.2) is 27.7 Å². The highest BCUT2D eigenvalue weighted by molar-refractivity contribution is 5.86. The Hall–Kier alpha value is -1.55.